The number of ether oxygens (including phenoxy) is 1. The molecule has 19 heavy (non-hydrogen) atoms. The van der Waals surface area contributed by atoms with Crippen molar-refractivity contribution < 1.29 is 4.74 Å². The van der Waals surface area contributed by atoms with Crippen LogP contribution in [-0.4, -0.2) is 16.6 Å². The summed E-state index contributed by atoms with van der Waals surface area (Å²) in [5.41, 5.74) is 2.70. The van der Waals surface area contributed by atoms with Crippen LogP contribution in [0.1, 0.15) is 11.3 Å². The van der Waals surface area contributed by atoms with Crippen molar-refractivity contribution in [2.75, 3.05) is 6.61 Å². The van der Waals surface area contributed by atoms with Crippen molar-refractivity contribution in [3.63, 3.8) is 0 Å². The molecule has 1 aromatic carbocycles. The lowest BCUT2D eigenvalue weighted by Crippen LogP contribution is -2.14. The van der Waals surface area contributed by atoms with E-state index in [4.69, 9.17) is 27.9 Å². The summed E-state index contributed by atoms with van der Waals surface area (Å²) in [6.45, 7) is 1.15. The Labute approximate surface area is 129 Å². The molecule has 0 amide bonds. The summed E-state index contributed by atoms with van der Waals surface area (Å²) in [5.74, 6) is 0.597. The van der Waals surface area contributed by atoms with Crippen LogP contribution in [0, 0.1) is 0 Å². The summed E-state index contributed by atoms with van der Waals surface area (Å²) in [6.07, 6.45) is 0.759. The minimum Gasteiger partial charge on any atom is -0.376 e. The van der Waals surface area contributed by atoms with Crippen LogP contribution in [0.4, 0.5) is 0 Å². The van der Waals surface area contributed by atoms with E-state index in [9.17, 15) is 0 Å². The molecule has 0 unspecified atom stereocenters. The highest BCUT2D eigenvalue weighted by Gasteiger charge is 2.18. The molecule has 1 aromatic heterocycles. The molecule has 2 aromatic rings. The van der Waals surface area contributed by atoms with Crippen LogP contribution in [-0.2, 0) is 17.8 Å². The van der Waals surface area contributed by atoms with E-state index in [2.05, 4.69) is 25.9 Å². The standard InChI is InChI=1S/C13H9BrCl2N2O/c14-9-2-1-7(5-10(9)15)13-17-11-3-4-19-6-8(11)12(16)18-13/h1-2,5H,3-4,6H2. The Kier molecular flexibility index (Phi) is 3.76. The molecule has 0 atom stereocenters. The molecule has 1 aliphatic rings. The first kappa shape index (κ1) is 13.3. The molecule has 0 radical (unpaired) electrons. The van der Waals surface area contributed by atoms with Crippen LogP contribution in [0.25, 0.3) is 11.4 Å². The second-order valence-electron chi connectivity index (χ2n) is 4.19. The lowest BCUT2D eigenvalue weighted by atomic mass is 10.1. The molecule has 0 saturated heterocycles. The summed E-state index contributed by atoms with van der Waals surface area (Å²) in [5, 5.41) is 1.08. The van der Waals surface area contributed by atoms with Gasteiger partial charge in [0, 0.05) is 22.0 Å². The fraction of sp³-hybridized carbons (Fsp3) is 0.231. The molecular weight excluding hydrogens is 351 g/mol. The SMILES string of the molecule is Clc1cc(-c2nc(Cl)c3c(n2)CCOC3)ccc1Br. The molecule has 98 valence electrons. The lowest BCUT2D eigenvalue weighted by molar-refractivity contribution is 0.109. The Hall–Kier alpha value is -0.680. The molecule has 0 saturated carbocycles. The normalized spacial score (nSPS) is 14.3. The highest BCUT2D eigenvalue weighted by atomic mass is 79.9. The molecule has 0 aliphatic carbocycles. The van der Waals surface area contributed by atoms with Gasteiger partial charge in [0.1, 0.15) is 5.15 Å². The maximum absolute atomic E-state index is 6.19. The monoisotopic (exact) mass is 358 g/mol. The van der Waals surface area contributed by atoms with Gasteiger partial charge in [-0.3, -0.25) is 0 Å². The maximum atomic E-state index is 6.19. The van der Waals surface area contributed by atoms with Crippen molar-refractivity contribution in [3.05, 3.63) is 44.1 Å². The molecule has 0 spiro atoms. The number of hydrogen-bond donors (Lipinski definition) is 0. The molecule has 0 fully saturated rings. The Balaban J connectivity index is 2.10. The number of fused-ring (bicyclic) bond motifs is 1. The number of aromatic nitrogens is 2. The average Bonchev–Trinajstić information content (AvgIpc) is 2.42. The molecule has 0 N–H and O–H groups in total. The van der Waals surface area contributed by atoms with Gasteiger partial charge in [0.25, 0.3) is 0 Å². The largest absolute Gasteiger partial charge is 0.376 e. The zero-order chi connectivity index (χ0) is 13.4. The third kappa shape index (κ3) is 2.63. The minimum absolute atomic E-state index is 0.457. The number of rotatable bonds is 1. The first-order valence-corrected chi connectivity index (χ1v) is 7.28. The number of halogens is 3. The third-order valence-electron chi connectivity index (χ3n) is 2.95. The van der Waals surface area contributed by atoms with Gasteiger partial charge in [-0.05, 0) is 34.1 Å². The van der Waals surface area contributed by atoms with Gasteiger partial charge in [0.2, 0.25) is 0 Å². The number of benzene rings is 1. The number of hydrogen-bond acceptors (Lipinski definition) is 3. The van der Waals surface area contributed by atoms with E-state index >= 15 is 0 Å². The van der Waals surface area contributed by atoms with Gasteiger partial charge >= 0.3 is 0 Å². The Morgan fingerprint density at radius 3 is 2.84 bits per heavy atom. The second-order valence-corrected chi connectivity index (χ2v) is 5.81. The molecule has 0 bridgehead atoms. The van der Waals surface area contributed by atoms with Gasteiger partial charge in [0.15, 0.2) is 5.82 Å². The van der Waals surface area contributed by atoms with Crippen LogP contribution < -0.4 is 0 Å². The van der Waals surface area contributed by atoms with Gasteiger partial charge in [-0.15, -0.1) is 0 Å². The molecule has 3 rings (SSSR count). The molecule has 3 nitrogen and oxygen atoms in total. The van der Waals surface area contributed by atoms with E-state index < -0.39 is 0 Å². The molecule has 6 heteroatoms. The lowest BCUT2D eigenvalue weighted by Gasteiger charge is -2.17. The van der Waals surface area contributed by atoms with E-state index in [1.54, 1.807) is 0 Å². The average molecular weight is 360 g/mol. The fourth-order valence-corrected chi connectivity index (χ4v) is 2.63. The van der Waals surface area contributed by atoms with Crippen molar-refractivity contribution in [3.8, 4) is 11.4 Å². The van der Waals surface area contributed by atoms with Gasteiger partial charge in [0.05, 0.1) is 23.9 Å². The molecular formula is C13H9BrCl2N2O. The molecule has 2 heterocycles. The summed E-state index contributed by atoms with van der Waals surface area (Å²) < 4.78 is 6.21. The zero-order valence-corrected chi connectivity index (χ0v) is 12.9. The van der Waals surface area contributed by atoms with Crippen LogP contribution >= 0.6 is 39.1 Å². The van der Waals surface area contributed by atoms with Crippen LogP contribution in [0.5, 0.6) is 0 Å². The topological polar surface area (TPSA) is 35.0 Å². The predicted octanol–water partition coefficient (Wildman–Crippen LogP) is 4.29. The first-order valence-electron chi connectivity index (χ1n) is 5.73. The quantitative estimate of drug-likeness (QED) is 0.712. The van der Waals surface area contributed by atoms with Crippen molar-refractivity contribution in [2.45, 2.75) is 13.0 Å². The van der Waals surface area contributed by atoms with Crippen LogP contribution in [0.15, 0.2) is 22.7 Å². The zero-order valence-electron chi connectivity index (χ0n) is 9.79. The van der Waals surface area contributed by atoms with Crippen molar-refractivity contribution in [1.82, 2.24) is 9.97 Å². The number of nitrogens with zero attached hydrogens (tertiary/aromatic N) is 2. The van der Waals surface area contributed by atoms with Gasteiger partial charge < -0.3 is 4.74 Å². The van der Waals surface area contributed by atoms with E-state index in [-0.39, 0.29) is 0 Å². The van der Waals surface area contributed by atoms with E-state index in [0.29, 0.717) is 29.2 Å². The third-order valence-corrected chi connectivity index (χ3v) is 4.49. The Morgan fingerprint density at radius 2 is 2.05 bits per heavy atom. The predicted molar refractivity (Wildman–Crippen MR) is 78.5 cm³/mol. The summed E-state index contributed by atoms with van der Waals surface area (Å²) in [4.78, 5) is 8.89. The van der Waals surface area contributed by atoms with Crippen LogP contribution in [0.2, 0.25) is 10.2 Å². The maximum Gasteiger partial charge on any atom is 0.161 e. The highest BCUT2D eigenvalue weighted by molar-refractivity contribution is 9.10. The summed E-state index contributed by atoms with van der Waals surface area (Å²) in [7, 11) is 0. The van der Waals surface area contributed by atoms with Crippen molar-refractivity contribution in [1.29, 1.82) is 0 Å². The summed E-state index contributed by atoms with van der Waals surface area (Å²) >= 11 is 15.6. The minimum atomic E-state index is 0.457. The summed E-state index contributed by atoms with van der Waals surface area (Å²) in [6, 6.07) is 5.61. The van der Waals surface area contributed by atoms with E-state index in [1.165, 1.54) is 0 Å². The Bertz CT molecular complexity index is 649. The van der Waals surface area contributed by atoms with Crippen LogP contribution in [0.3, 0.4) is 0 Å². The van der Waals surface area contributed by atoms with Gasteiger partial charge in [-0.1, -0.05) is 23.2 Å². The highest BCUT2D eigenvalue weighted by Crippen LogP contribution is 2.30. The van der Waals surface area contributed by atoms with E-state index in [1.807, 2.05) is 18.2 Å². The fourth-order valence-electron chi connectivity index (χ4n) is 1.96. The van der Waals surface area contributed by atoms with Crippen molar-refractivity contribution >= 4 is 39.1 Å². The first-order chi connectivity index (χ1) is 9.15. The van der Waals surface area contributed by atoms with Gasteiger partial charge in [-0.2, -0.15) is 0 Å². The smallest absolute Gasteiger partial charge is 0.161 e. The Morgan fingerprint density at radius 1 is 1.21 bits per heavy atom. The van der Waals surface area contributed by atoms with E-state index in [0.717, 1.165) is 27.7 Å². The van der Waals surface area contributed by atoms with Crippen molar-refractivity contribution in [2.24, 2.45) is 0 Å². The molecule has 1 aliphatic heterocycles. The van der Waals surface area contributed by atoms with Gasteiger partial charge in [-0.25, -0.2) is 9.97 Å². The second kappa shape index (κ2) is 5.37.